The van der Waals surface area contributed by atoms with E-state index in [1.165, 1.54) is 10.9 Å². The Morgan fingerprint density at radius 3 is 1.88 bits per heavy atom. The highest BCUT2D eigenvalue weighted by atomic mass is 28.1. The molecular weight excluding hydrogens is 218 g/mol. The second-order valence-electron chi connectivity index (χ2n) is 3.67. The number of likely N-dealkylation sites (N-methyl/N-ethyl adjacent to an activating group) is 1. The second kappa shape index (κ2) is 9.87. The van der Waals surface area contributed by atoms with Gasteiger partial charge in [-0.3, -0.25) is 0 Å². The van der Waals surface area contributed by atoms with Crippen molar-refractivity contribution >= 4 is 10.2 Å². The molecule has 0 bridgehead atoms. The van der Waals surface area contributed by atoms with E-state index in [0.29, 0.717) is 0 Å². The molecule has 0 aliphatic carbocycles. The van der Waals surface area contributed by atoms with Gasteiger partial charge in [0.15, 0.2) is 0 Å². The first-order valence-electron chi connectivity index (χ1n) is 6.30. The fourth-order valence-corrected chi connectivity index (χ4v) is 2.29. The molecule has 0 saturated heterocycles. The average molecular weight is 245 g/mol. The Balaban J connectivity index is 4.59. The molecule has 3 nitrogen and oxygen atoms in total. The lowest BCUT2D eigenvalue weighted by Gasteiger charge is -2.27. The van der Waals surface area contributed by atoms with Gasteiger partial charge >= 0.3 is 0 Å². The Kier molecular flexibility index (Phi) is 9.67. The first-order valence-corrected chi connectivity index (χ1v) is 7.30. The van der Waals surface area contributed by atoms with Crippen LogP contribution in [0.3, 0.4) is 0 Å². The van der Waals surface area contributed by atoms with Crippen LogP contribution in [0.1, 0.15) is 27.7 Å². The van der Waals surface area contributed by atoms with Gasteiger partial charge in [0.2, 0.25) is 0 Å². The molecule has 0 atom stereocenters. The van der Waals surface area contributed by atoms with Crippen LogP contribution in [0.4, 0.5) is 0 Å². The normalized spacial score (nSPS) is 12.8. The number of nitrogens with zero attached hydrogens (tertiary/aromatic N) is 1. The van der Waals surface area contributed by atoms with Gasteiger partial charge in [0, 0.05) is 42.2 Å². The molecule has 4 heteroatoms. The zero-order valence-corrected chi connectivity index (χ0v) is 13.5. The number of hydrogen-bond acceptors (Lipinski definition) is 3. The Labute approximate surface area is 103 Å². The van der Waals surface area contributed by atoms with Gasteiger partial charge in [-0.05, 0) is 32.9 Å². The standard InChI is InChI=1S/C12H27NO2Si/c1-5-13(6-2)11(9-14-7-3)12(16)10-15-8-4/h5-10H2,1-4,16H3. The largest absolute Gasteiger partial charge is 0.378 e. The molecular formula is C12H27NO2Si. The van der Waals surface area contributed by atoms with Gasteiger partial charge in [-0.2, -0.15) is 0 Å². The zero-order valence-electron chi connectivity index (χ0n) is 11.5. The van der Waals surface area contributed by atoms with Crippen molar-refractivity contribution < 1.29 is 9.47 Å². The van der Waals surface area contributed by atoms with Crippen LogP contribution in [-0.2, 0) is 9.47 Å². The van der Waals surface area contributed by atoms with Crippen LogP contribution in [0, 0.1) is 0 Å². The molecule has 0 aromatic rings. The molecule has 0 aromatic carbocycles. The zero-order chi connectivity index (χ0) is 12.4. The third-order valence-corrected chi connectivity index (χ3v) is 3.47. The predicted octanol–water partition coefficient (Wildman–Crippen LogP) is 0.978. The molecule has 0 rings (SSSR count). The molecule has 0 N–H and O–H groups in total. The summed E-state index contributed by atoms with van der Waals surface area (Å²) < 4.78 is 11.0. The van der Waals surface area contributed by atoms with E-state index < -0.39 is 0 Å². The van der Waals surface area contributed by atoms with Gasteiger partial charge in [0.25, 0.3) is 0 Å². The van der Waals surface area contributed by atoms with Gasteiger partial charge in [-0.15, -0.1) is 0 Å². The Bertz CT molecular complexity index is 203. The lowest BCUT2D eigenvalue weighted by molar-refractivity contribution is 0.140. The van der Waals surface area contributed by atoms with Crippen LogP contribution < -0.4 is 0 Å². The summed E-state index contributed by atoms with van der Waals surface area (Å²) in [4.78, 5) is 2.37. The third-order valence-electron chi connectivity index (χ3n) is 2.60. The highest BCUT2D eigenvalue weighted by Crippen LogP contribution is 2.09. The number of hydrogen-bond donors (Lipinski definition) is 0. The predicted molar refractivity (Wildman–Crippen MR) is 72.9 cm³/mol. The summed E-state index contributed by atoms with van der Waals surface area (Å²) in [5.41, 5.74) is 1.34. The molecule has 0 heterocycles. The molecule has 0 amide bonds. The van der Waals surface area contributed by atoms with Crippen LogP contribution in [0.15, 0.2) is 10.9 Å². The smallest absolute Gasteiger partial charge is 0.0860 e. The second-order valence-corrected chi connectivity index (χ2v) is 4.88. The molecule has 0 unspecified atom stereocenters. The van der Waals surface area contributed by atoms with Crippen molar-refractivity contribution in [3.8, 4) is 0 Å². The fourth-order valence-electron chi connectivity index (χ4n) is 1.63. The summed E-state index contributed by atoms with van der Waals surface area (Å²) in [7, 11) is 1.04. The molecule has 16 heavy (non-hydrogen) atoms. The van der Waals surface area contributed by atoms with E-state index >= 15 is 0 Å². The van der Waals surface area contributed by atoms with Crippen molar-refractivity contribution in [2.24, 2.45) is 0 Å². The molecule has 96 valence electrons. The maximum absolute atomic E-state index is 5.55. The Morgan fingerprint density at radius 2 is 1.44 bits per heavy atom. The van der Waals surface area contributed by atoms with E-state index in [9.17, 15) is 0 Å². The monoisotopic (exact) mass is 245 g/mol. The maximum Gasteiger partial charge on any atom is 0.0860 e. The molecule has 0 aromatic heterocycles. The van der Waals surface area contributed by atoms with Crippen molar-refractivity contribution in [1.29, 1.82) is 0 Å². The van der Waals surface area contributed by atoms with Crippen LogP contribution in [-0.4, -0.2) is 54.7 Å². The van der Waals surface area contributed by atoms with Crippen molar-refractivity contribution in [2.75, 3.05) is 39.5 Å². The molecule has 0 spiro atoms. The van der Waals surface area contributed by atoms with E-state index in [1.807, 2.05) is 13.8 Å². The molecule has 0 aliphatic rings. The summed E-state index contributed by atoms with van der Waals surface area (Å²) in [6, 6.07) is 0. The van der Waals surface area contributed by atoms with E-state index in [2.05, 4.69) is 18.7 Å². The molecule has 0 saturated carbocycles. The Morgan fingerprint density at radius 1 is 0.938 bits per heavy atom. The van der Waals surface area contributed by atoms with Gasteiger partial charge in [-0.25, -0.2) is 0 Å². The van der Waals surface area contributed by atoms with Crippen molar-refractivity contribution in [2.45, 2.75) is 27.7 Å². The lowest BCUT2D eigenvalue weighted by atomic mass is 10.3. The average Bonchev–Trinajstić information content (AvgIpc) is 2.31. The third kappa shape index (κ3) is 5.68. The van der Waals surface area contributed by atoms with E-state index in [1.54, 1.807) is 0 Å². The molecule has 0 aliphatic heterocycles. The highest BCUT2D eigenvalue weighted by Gasteiger charge is 2.09. The van der Waals surface area contributed by atoms with Crippen LogP contribution in [0.2, 0.25) is 0 Å². The van der Waals surface area contributed by atoms with Crippen molar-refractivity contribution in [1.82, 2.24) is 4.90 Å². The van der Waals surface area contributed by atoms with E-state index in [4.69, 9.17) is 9.47 Å². The topological polar surface area (TPSA) is 21.7 Å². The first kappa shape index (κ1) is 15.7. The summed E-state index contributed by atoms with van der Waals surface area (Å²) >= 11 is 0. The van der Waals surface area contributed by atoms with E-state index in [-0.39, 0.29) is 0 Å². The summed E-state index contributed by atoms with van der Waals surface area (Å²) in [6.45, 7) is 13.6. The summed E-state index contributed by atoms with van der Waals surface area (Å²) in [5, 5.41) is 1.42. The van der Waals surface area contributed by atoms with Gasteiger partial charge in [0.05, 0.1) is 13.2 Å². The van der Waals surface area contributed by atoms with Crippen molar-refractivity contribution in [3.05, 3.63) is 10.9 Å². The van der Waals surface area contributed by atoms with Gasteiger partial charge in [-0.1, -0.05) is 0 Å². The van der Waals surface area contributed by atoms with Crippen LogP contribution in [0.25, 0.3) is 0 Å². The van der Waals surface area contributed by atoms with Crippen LogP contribution in [0.5, 0.6) is 0 Å². The Hall–Kier alpha value is -0.323. The quantitative estimate of drug-likeness (QED) is 0.565. The minimum atomic E-state index is 0.726. The van der Waals surface area contributed by atoms with Gasteiger partial charge in [0.1, 0.15) is 0 Å². The molecule has 0 radical (unpaired) electrons. The minimum absolute atomic E-state index is 0.726. The van der Waals surface area contributed by atoms with Crippen molar-refractivity contribution in [3.63, 3.8) is 0 Å². The number of ether oxygens (including phenoxy) is 2. The fraction of sp³-hybridized carbons (Fsp3) is 0.833. The van der Waals surface area contributed by atoms with E-state index in [0.717, 1.165) is 49.8 Å². The van der Waals surface area contributed by atoms with Gasteiger partial charge < -0.3 is 14.4 Å². The van der Waals surface area contributed by atoms with Crippen LogP contribution >= 0.6 is 0 Å². The minimum Gasteiger partial charge on any atom is -0.378 e. The molecule has 0 fully saturated rings. The SMILES string of the molecule is CCOCC([SiH3])=C(COCC)N(CC)CC. The summed E-state index contributed by atoms with van der Waals surface area (Å²) in [5.74, 6) is 0. The highest BCUT2D eigenvalue weighted by molar-refractivity contribution is 6.22. The lowest BCUT2D eigenvalue weighted by Crippen LogP contribution is -2.27. The summed E-state index contributed by atoms with van der Waals surface area (Å²) in [6.07, 6.45) is 0. The number of rotatable bonds is 9. The maximum atomic E-state index is 5.55. The first-order chi connectivity index (χ1) is 7.71.